The van der Waals surface area contributed by atoms with E-state index in [1.54, 1.807) is 48.0 Å². The van der Waals surface area contributed by atoms with Crippen molar-refractivity contribution in [3.05, 3.63) is 52.6 Å². The normalized spacial score (nSPS) is 11.9. The number of para-hydroxylation sites is 1. The van der Waals surface area contributed by atoms with Crippen LogP contribution in [0.5, 0.6) is 5.75 Å². The van der Waals surface area contributed by atoms with Crippen LogP contribution >= 0.6 is 0 Å². The molecule has 32 heavy (non-hydrogen) atoms. The van der Waals surface area contributed by atoms with Crippen LogP contribution in [0.2, 0.25) is 0 Å². The smallest absolute Gasteiger partial charge is 0.272 e. The number of methoxy groups -OCH3 is 1. The van der Waals surface area contributed by atoms with E-state index in [2.05, 4.69) is 15.2 Å². The van der Waals surface area contributed by atoms with Crippen molar-refractivity contribution < 1.29 is 17.9 Å². The molecule has 1 heterocycles. The number of hydrogen-bond acceptors (Lipinski definition) is 6. The third kappa shape index (κ3) is 4.59. The Hall–Kier alpha value is -3.40. The average molecular weight is 459 g/mol. The molecule has 1 amide bonds. The minimum Gasteiger partial charge on any atom is -0.492 e. The maximum Gasteiger partial charge on any atom is 0.272 e. The molecule has 2 aromatic carbocycles. The summed E-state index contributed by atoms with van der Waals surface area (Å²) >= 11 is 0. The molecular formula is C22H26N4O5S. The molecule has 0 saturated heterocycles. The van der Waals surface area contributed by atoms with E-state index < -0.39 is 15.9 Å². The lowest BCUT2D eigenvalue weighted by Crippen LogP contribution is -2.19. The van der Waals surface area contributed by atoms with E-state index in [1.807, 2.05) is 20.8 Å². The largest absolute Gasteiger partial charge is 0.492 e. The molecular weight excluding hydrogens is 432 g/mol. The highest BCUT2D eigenvalue weighted by molar-refractivity contribution is 7.92. The zero-order valence-corrected chi connectivity index (χ0v) is 19.6. The molecule has 0 saturated carbocycles. The summed E-state index contributed by atoms with van der Waals surface area (Å²) in [6, 6.07) is 10.2. The van der Waals surface area contributed by atoms with E-state index in [1.165, 1.54) is 7.11 Å². The van der Waals surface area contributed by atoms with Gasteiger partial charge in [0.1, 0.15) is 11.4 Å². The number of benzene rings is 2. The molecule has 0 aliphatic rings. The SMILES string of the molecule is COc1c(NC(=O)c2cc3cccc(N=O)c3n2C)cc(C(C)(C)C)cc1NS(C)(=O)=O. The number of nitroso groups, excluding NO2 is 1. The minimum atomic E-state index is -3.59. The van der Waals surface area contributed by atoms with Gasteiger partial charge in [-0.3, -0.25) is 9.52 Å². The summed E-state index contributed by atoms with van der Waals surface area (Å²) in [4.78, 5) is 24.4. The zero-order valence-electron chi connectivity index (χ0n) is 18.8. The van der Waals surface area contributed by atoms with Gasteiger partial charge in [-0.15, -0.1) is 4.91 Å². The van der Waals surface area contributed by atoms with Gasteiger partial charge in [-0.2, -0.15) is 0 Å². The van der Waals surface area contributed by atoms with Crippen molar-refractivity contribution >= 4 is 43.9 Å². The number of aryl methyl sites for hydroxylation is 1. The highest BCUT2D eigenvalue weighted by Crippen LogP contribution is 2.39. The fourth-order valence-corrected chi connectivity index (χ4v) is 4.07. The zero-order chi connectivity index (χ0) is 23.8. The van der Waals surface area contributed by atoms with Gasteiger partial charge in [0.25, 0.3) is 5.91 Å². The summed E-state index contributed by atoms with van der Waals surface area (Å²) in [6.07, 6.45) is 1.04. The van der Waals surface area contributed by atoms with Gasteiger partial charge in [0.2, 0.25) is 10.0 Å². The Morgan fingerprint density at radius 1 is 1.12 bits per heavy atom. The molecule has 3 rings (SSSR count). The van der Waals surface area contributed by atoms with Gasteiger partial charge in [0.05, 0.1) is 30.3 Å². The fourth-order valence-electron chi connectivity index (χ4n) is 3.52. The number of sulfonamides is 1. The Labute approximate surface area is 186 Å². The van der Waals surface area contributed by atoms with Crippen LogP contribution in [0.3, 0.4) is 0 Å². The standard InChI is InChI=1S/C22H26N4O5S/c1-22(2,3)14-11-16(20(31-5)17(12-14)25-32(6,29)30)23-21(27)18-10-13-8-7-9-15(24-28)19(13)26(18)4/h7-12,25H,1-6H3,(H,23,27). The van der Waals surface area contributed by atoms with Gasteiger partial charge in [-0.25, -0.2) is 8.42 Å². The number of ether oxygens (including phenoxy) is 1. The summed E-state index contributed by atoms with van der Waals surface area (Å²) in [5.41, 5.74) is 2.08. The first-order valence-corrected chi connectivity index (χ1v) is 11.7. The molecule has 0 aliphatic carbocycles. The average Bonchev–Trinajstić information content (AvgIpc) is 3.03. The van der Waals surface area contributed by atoms with Gasteiger partial charge in [-0.05, 0) is 40.4 Å². The number of nitrogens with zero attached hydrogens (tertiary/aromatic N) is 2. The minimum absolute atomic E-state index is 0.186. The molecule has 0 unspecified atom stereocenters. The molecule has 0 radical (unpaired) electrons. The van der Waals surface area contributed by atoms with E-state index >= 15 is 0 Å². The van der Waals surface area contributed by atoms with Crippen molar-refractivity contribution in [3.63, 3.8) is 0 Å². The van der Waals surface area contributed by atoms with Crippen LogP contribution in [0.15, 0.2) is 41.6 Å². The van der Waals surface area contributed by atoms with Crippen LogP contribution in [-0.2, 0) is 22.5 Å². The predicted molar refractivity (Wildman–Crippen MR) is 126 cm³/mol. The molecule has 170 valence electrons. The number of aromatic nitrogens is 1. The number of carbonyl (C=O) groups is 1. The number of hydrogen-bond donors (Lipinski definition) is 2. The monoisotopic (exact) mass is 458 g/mol. The number of amides is 1. The van der Waals surface area contributed by atoms with Crippen LogP contribution in [0.1, 0.15) is 36.8 Å². The number of anilines is 2. The molecule has 10 heteroatoms. The Balaban J connectivity index is 2.12. The fraction of sp³-hybridized carbons (Fsp3) is 0.318. The van der Waals surface area contributed by atoms with Crippen LogP contribution in [-0.4, -0.2) is 32.3 Å². The molecule has 9 nitrogen and oxygen atoms in total. The van der Waals surface area contributed by atoms with Gasteiger partial charge in [0, 0.05) is 12.4 Å². The lowest BCUT2D eigenvalue weighted by Gasteiger charge is -2.24. The van der Waals surface area contributed by atoms with Crippen molar-refractivity contribution in [1.82, 2.24) is 4.57 Å². The van der Waals surface area contributed by atoms with Gasteiger partial charge >= 0.3 is 0 Å². The molecule has 0 bridgehead atoms. The second-order valence-corrected chi connectivity index (χ2v) is 10.3. The first-order valence-electron chi connectivity index (χ1n) is 9.79. The van der Waals surface area contributed by atoms with Gasteiger partial charge in [-0.1, -0.05) is 32.9 Å². The Morgan fingerprint density at radius 3 is 2.34 bits per heavy atom. The van der Waals surface area contributed by atoms with Crippen molar-refractivity contribution in [2.75, 3.05) is 23.4 Å². The van der Waals surface area contributed by atoms with E-state index in [9.17, 15) is 18.1 Å². The quantitative estimate of drug-likeness (QED) is 0.527. The van der Waals surface area contributed by atoms with Crippen LogP contribution in [0.4, 0.5) is 17.1 Å². The molecule has 0 fully saturated rings. The molecule has 0 spiro atoms. The van der Waals surface area contributed by atoms with Crippen molar-refractivity contribution in [2.24, 2.45) is 12.2 Å². The third-order valence-corrected chi connectivity index (χ3v) is 5.66. The molecule has 0 aliphatic heterocycles. The van der Waals surface area contributed by atoms with Crippen LogP contribution in [0.25, 0.3) is 10.9 Å². The first-order chi connectivity index (χ1) is 14.9. The first kappa shape index (κ1) is 23.3. The lowest BCUT2D eigenvalue weighted by molar-refractivity contribution is 0.101. The summed E-state index contributed by atoms with van der Waals surface area (Å²) in [5.74, 6) is -0.263. The summed E-state index contributed by atoms with van der Waals surface area (Å²) in [7, 11) is -0.519. The van der Waals surface area contributed by atoms with Gasteiger partial charge in [0.15, 0.2) is 5.75 Å². The van der Waals surface area contributed by atoms with Gasteiger partial charge < -0.3 is 14.6 Å². The van der Waals surface area contributed by atoms with E-state index in [0.717, 1.165) is 11.8 Å². The van der Waals surface area contributed by atoms with Crippen LogP contribution in [0, 0.1) is 4.91 Å². The van der Waals surface area contributed by atoms with E-state index in [4.69, 9.17) is 4.74 Å². The lowest BCUT2D eigenvalue weighted by atomic mass is 9.86. The third-order valence-electron chi connectivity index (χ3n) is 5.07. The second kappa shape index (κ2) is 8.27. The highest BCUT2D eigenvalue weighted by Gasteiger charge is 2.23. The molecule has 0 atom stereocenters. The molecule has 3 aromatic rings. The highest BCUT2D eigenvalue weighted by atomic mass is 32.2. The Bertz CT molecular complexity index is 1320. The maximum absolute atomic E-state index is 13.2. The summed E-state index contributed by atoms with van der Waals surface area (Å²) in [5, 5.41) is 6.57. The second-order valence-electron chi connectivity index (χ2n) is 8.58. The number of nitrogens with one attached hydrogen (secondary N) is 2. The van der Waals surface area contributed by atoms with Crippen molar-refractivity contribution in [2.45, 2.75) is 26.2 Å². The van der Waals surface area contributed by atoms with Crippen LogP contribution < -0.4 is 14.8 Å². The van der Waals surface area contributed by atoms with Crippen molar-refractivity contribution in [1.29, 1.82) is 0 Å². The summed E-state index contributed by atoms with van der Waals surface area (Å²) < 4.78 is 33.3. The topological polar surface area (TPSA) is 119 Å². The van der Waals surface area contributed by atoms with E-state index in [0.29, 0.717) is 22.3 Å². The molecule has 1 aromatic heterocycles. The molecule has 2 N–H and O–H groups in total. The summed E-state index contributed by atoms with van der Waals surface area (Å²) in [6.45, 7) is 5.92. The maximum atomic E-state index is 13.2. The van der Waals surface area contributed by atoms with Crippen molar-refractivity contribution in [3.8, 4) is 5.75 Å². The number of rotatable bonds is 6. The number of fused-ring (bicyclic) bond motifs is 1. The Kier molecular flexibility index (Phi) is 6.01. The number of carbonyl (C=O) groups excluding carboxylic acids is 1. The predicted octanol–water partition coefficient (Wildman–Crippen LogP) is 4.51. The van der Waals surface area contributed by atoms with E-state index in [-0.39, 0.29) is 22.5 Å². The Morgan fingerprint density at radius 2 is 1.78 bits per heavy atom.